The zero-order chi connectivity index (χ0) is 17.8. The molecule has 0 unspecified atom stereocenters. The summed E-state index contributed by atoms with van der Waals surface area (Å²) in [6.07, 6.45) is 1.70. The summed E-state index contributed by atoms with van der Waals surface area (Å²) in [7, 11) is 1.58. The highest BCUT2D eigenvalue weighted by molar-refractivity contribution is 7.80. The molecular formula is C18H15ClN2O3S. The Bertz CT molecular complexity index is 850. The standard InChI is InChI=1S/C18H15ClN2O3S/c1-23-15-7-4-12(8-14-17(22)21-18(25)20-14)9-16(15)24-10-11-2-5-13(19)6-3-11/h2-9H,10H2,1H3,(H2,20,21,22,25)/b14-8+. The summed E-state index contributed by atoms with van der Waals surface area (Å²) < 4.78 is 11.2. The second kappa shape index (κ2) is 7.55. The molecule has 2 aromatic carbocycles. The van der Waals surface area contributed by atoms with Crippen molar-refractivity contribution < 1.29 is 14.3 Å². The number of carbonyl (C=O) groups is 1. The fourth-order valence-corrected chi connectivity index (χ4v) is 2.62. The summed E-state index contributed by atoms with van der Waals surface area (Å²) in [6.45, 7) is 0.371. The summed E-state index contributed by atoms with van der Waals surface area (Å²) in [5.41, 5.74) is 2.16. The van der Waals surface area contributed by atoms with Gasteiger partial charge in [-0.25, -0.2) is 0 Å². The molecule has 2 aromatic rings. The second-order valence-corrected chi connectivity index (χ2v) is 6.14. The molecule has 1 fully saturated rings. The van der Waals surface area contributed by atoms with Crippen molar-refractivity contribution in [1.82, 2.24) is 10.6 Å². The topological polar surface area (TPSA) is 59.6 Å². The molecule has 1 aliphatic rings. The molecule has 0 aromatic heterocycles. The molecule has 1 saturated heterocycles. The maximum absolute atomic E-state index is 11.7. The first-order valence-electron chi connectivity index (χ1n) is 7.44. The number of halogens is 1. The van der Waals surface area contributed by atoms with Gasteiger partial charge in [0.2, 0.25) is 0 Å². The monoisotopic (exact) mass is 374 g/mol. The Balaban J connectivity index is 1.80. The third-order valence-corrected chi connectivity index (χ3v) is 3.98. The van der Waals surface area contributed by atoms with Gasteiger partial charge in [0.05, 0.1) is 7.11 Å². The van der Waals surface area contributed by atoms with E-state index in [2.05, 4.69) is 10.6 Å². The summed E-state index contributed by atoms with van der Waals surface area (Å²) in [6, 6.07) is 12.8. The molecule has 3 rings (SSSR count). The van der Waals surface area contributed by atoms with Gasteiger partial charge < -0.3 is 14.8 Å². The maximum Gasteiger partial charge on any atom is 0.273 e. The zero-order valence-electron chi connectivity index (χ0n) is 13.3. The van der Waals surface area contributed by atoms with E-state index in [0.29, 0.717) is 33.9 Å². The van der Waals surface area contributed by atoms with Gasteiger partial charge >= 0.3 is 0 Å². The molecule has 0 aliphatic carbocycles. The van der Waals surface area contributed by atoms with Crippen LogP contribution in [0.25, 0.3) is 6.08 Å². The van der Waals surface area contributed by atoms with E-state index in [0.717, 1.165) is 11.1 Å². The molecule has 1 amide bonds. The van der Waals surface area contributed by atoms with Gasteiger partial charge in [-0.2, -0.15) is 0 Å². The normalized spacial score (nSPS) is 15.0. The quantitative estimate of drug-likeness (QED) is 0.621. The molecule has 2 N–H and O–H groups in total. The molecule has 128 valence electrons. The average Bonchev–Trinajstić information content (AvgIpc) is 2.92. The Morgan fingerprint density at radius 3 is 2.52 bits per heavy atom. The van der Waals surface area contributed by atoms with E-state index in [1.54, 1.807) is 25.3 Å². The Morgan fingerprint density at radius 2 is 1.88 bits per heavy atom. The van der Waals surface area contributed by atoms with Crippen LogP contribution in [0.5, 0.6) is 11.5 Å². The van der Waals surface area contributed by atoms with Crippen molar-refractivity contribution >= 4 is 40.9 Å². The minimum Gasteiger partial charge on any atom is -0.493 e. The van der Waals surface area contributed by atoms with Crippen molar-refractivity contribution in [2.75, 3.05) is 7.11 Å². The van der Waals surface area contributed by atoms with Crippen LogP contribution in [-0.4, -0.2) is 18.1 Å². The minimum absolute atomic E-state index is 0.260. The number of hydrogen-bond acceptors (Lipinski definition) is 4. The van der Waals surface area contributed by atoms with E-state index >= 15 is 0 Å². The van der Waals surface area contributed by atoms with E-state index in [1.807, 2.05) is 30.3 Å². The molecule has 1 aliphatic heterocycles. The minimum atomic E-state index is -0.260. The smallest absolute Gasteiger partial charge is 0.273 e. The lowest BCUT2D eigenvalue weighted by molar-refractivity contribution is -0.115. The molecule has 0 bridgehead atoms. The zero-order valence-corrected chi connectivity index (χ0v) is 14.9. The third-order valence-electron chi connectivity index (χ3n) is 3.53. The number of hydrogen-bond donors (Lipinski definition) is 2. The van der Waals surface area contributed by atoms with Crippen molar-refractivity contribution in [3.05, 3.63) is 64.3 Å². The SMILES string of the molecule is COc1ccc(/C=C2/NC(=S)NC2=O)cc1OCc1ccc(Cl)cc1. The molecule has 1 heterocycles. The first-order valence-corrected chi connectivity index (χ1v) is 8.23. The molecule has 7 heteroatoms. The highest BCUT2D eigenvalue weighted by atomic mass is 35.5. The number of carbonyl (C=O) groups excluding carboxylic acids is 1. The van der Waals surface area contributed by atoms with Crippen LogP contribution in [0.4, 0.5) is 0 Å². The van der Waals surface area contributed by atoms with Gasteiger partial charge in [0.1, 0.15) is 12.3 Å². The van der Waals surface area contributed by atoms with Crippen molar-refractivity contribution in [2.24, 2.45) is 0 Å². The van der Waals surface area contributed by atoms with E-state index in [9.17, 15) is 4.79 Å². The van der Waals surface area contributed by atoms with E-state index < -0.39 is 0 Å². The molecule has 5 nitrogen and oxygen atoms in total. The molecular weight excluding hydrogens is 360 g/mol. The largest absolute Gasteiger partial charge is 0.493 e. The lowest BCUT2D eigenvalue weighted by Crippen LogP contribution is -2.21. The van der Waals surface area contributed by atoms with Crippen molar-refractivity contribution in [3.8, 4) is 11.5 Å². The molecule has 0 atom stereocenters. The van der Waals surface area contributed by atoms with Crippen LogP contribution in [0, 0.1) is 0 Å². The predicted octanol–water partition coefficient (Wildman–Crippen LogP) is 3.27. The first kappa shape index (κ1) is 17.3. The second-order valence-electron chi connectivity index (χ2n) is 5.29. The molecule has 25 heavy (non-hydrogen) atoms. The lowest BCUT2D eigenvalue weighted by Gasteiger charge is -2.12. The van der Waals surface area contributed by atoms with Gasteiger partial charge in [0.25, 0.3) is 5.91 Å². The maximum atomic E-state index is 11.7. The lowest BCUT2D eigenvalue weighted by atomic mass is 10.1. The van der Waals surface area contributed by atoms with Crippen LogP contribution < -0.4 is 20.1 Å². The van der Waals surface area contributed by atoms with Gasteiger partial charge in [0.15, 0.2) is 16.6 Å². The van der Waals surface area contributed by atoms with Crippen LogP contribution in [0.3, 0.4) is 0 Å². The molecule has 0 radical (unpaired) electrons. The summed E-state index contributed by atoms with van der Waals surface area (Å²) in [5.74, 6) is 0.924. The predicted molar refractivity (Wildman–Crippen MR) is 101 cm³/mol. The van der Waals surface area contributed by atoms with Crippen LogP contribution in [-0.2, 0) is 11.4 Å². The Morgan fingerprint density at radius 1 is 1.12 bits per heavy atom. The van der Waals surface area contributed by atoms with Crippen LogP contribution in [0.15, 0.2) is 48.2 Å². The fourth-order valence-electron chi connectivity index (χ4n) is 2.29. The van der Waals surface area contributed by atoms with Crippen LogP contribution in [0.2, 0.25) is 5.02 Å². The first-order chi connectivity index (χ1) is 12.0. The van der Waals surface area contributed by atoms with Crippen molar-refractivity contribution in [2.45, 2.75) is 6.61 Å². The van der Waals surface area contributed by atoms with Crippen LogP contribution in [0.1, 0.15) is 11.1 Å². The third kappa shape index (κ3) is 4.29. The Kier molecular flexibility index (Phi) is 5.21. The van der Waals surface area contributed by atoms with E-state index in [-0.39, 0.29) is 5.91 Å². The summed E-state index contributed by atoms with van der Waals surface area (Å²) in [5, 5.41) is 6.30. The average molecular weight is 375 g/mol. The Labute approximate surface area is 155 Å². The van der Waals surface area contributed by atoms with Gasteiger partial charge in [-0.15, -0.1) is 0 Å². The van der Waals surface area contributed by atoms with Crippen LogP contribution >= 0.6 is 23.8 Å². The molecule has 0 saturated carbocycles. The Hall–Kier alpha value is -2.57. The number of rotatable bonds is 5. The van der Waals surface area contributed by atoms with Gasteiger partial charge in [-0.1, -0.05) is 29.8 Å². The number of thiocarbonyl (C=S) groups is 1. The fraction of sp³-hybridized carbons (Fsp3) is 0.111. The summed E-state index contributed by atoms with van der Waals surface area (Å²) >= 11 is 10.8. The van der Waals surface area contributed by atoms with Gasteiger partial charge in [0, 0.05) is 5.02 Å². The van der Waals surface area contributed by atoms with E-state index in [4.69, 9.17) is 33.3 Å². The van der Waals surface area contributed by atoms with Gasteiger partial charge in [-0.05, 0) is 53.7 Å². The van der Waals surface area contributed by atoms with E-state index in [1.165, 1.54) is 0 Å². The van der Waals surface area contributed by atoms with Crippen molar-refractivity contribution in [1.29, 1.82) is 0 Å². The van der Waals surface area contributed by atoms with Gasteiger partial charge in [-0.3, -0.25) is 10.1 Å². The number of nitrogens with one attached hydrogen (secondary N) is 2. The molecule has 0 spiro atoms. The number of benzene rings is 2. The number of amides is 1. The summed E-state index contributed by atoms with van der Waals surface area (Å²) in [4.78, 5) is 11.7. The number of ether oxygens (including phenoxy) is 2. The highest BCUT2D eigenvalue weighted by Crippen LogP contribution is 2.30. The number of methoxy groups -OCH3 is 1. The van der Waals surface area contributed by atoms with Crippen molar-refractivity contribution in [3.63, 3.8) is 0 Å². The highest BCUT2D eigenvalue weighted by Gasteiger charge is 2.20.